The van der Waals surface area contributed by atoms with Crippen molar-refractivity contribution in [2.75, 3.05) is 59.0 Å². The van der Waals surface area contributed by atoms with E-state index in [1.165, 1.54) is 4.90 Å². The van der Waals surface area contributed by atoms with Crippen LogP contribution in [0.15, 0.2) is 36.4 Å². The Morgan fingerprint density at radius 2 is 1.62 bits per heavy atom. The summed E-state index contributed by atoms with van der Waals surface area (Å²) < 4.78 is 86.5. The molecule has 0 bridgehead atoms. The molecule has 0 unspecified atom stereocenters. The lowest BCUT2D eigenvalue weighted by atomic mass is 9.97. The number of halogens is 6. The minimum atomic E-state index is -5.03. The molecule has 1 atom stereocenters. The first-order valence-electron chi connectivity index (χ1n) is 14.3. The third-order valence-electron chi connectivity index (χ3n) is 7.91. The summed E-state index contributed by atoms with van der Waals surface area (Å²) in [7, 11) is 0. The zero-order valence-electron chi connectivity index (χ0n) is 24.0. The summed E-state index contributed by atoms with van der Waals surface area (Å²) >= 11 is 0. The molecule has 12 heteroatoms. The van der Waals surface area contributed by atoms with Crippen molar-refractivity contribution < 1.29 is 35.9 Å². The molecule has 2 aliphatic rings. The molecule has 0 saturated carbocycles. The van der Waals surface area contributed by atoms with Gasteiger partial charge in [-0.25, -0.2) is 5.01 Å². The van der Waals surface area contributed by atoms with Crippen LogP contribution in [0.2, 0.25) is 0 Å². The Morgan fingerprint density at radius 1 is 0.905 bits per heavy atom. The smallest absolute Gasteiger partial charge is 0.380 e. The number of rotatable bonds is 8. The van der Waals surface area contributed by atoms with Gasteiger partial charge in [0.25, 0.3) is 5.91 Å². The van der Waals surface area contributed by atoms with Gasteiger partial charge in [0, 0.05) is 57.5 Å². The number of hydrogen-bond acceptors (Lipinski definition) is 5. The Bertz CT molecular complexity index is 1180. The van der Waals surface area contributed by atoms with Crippen LogP contribution in [0.5, 0.6) is 0 Å². The lowest BCUT2D eigenvalue weighted by Crippen LogP contribution is -2.56. The predicted molar refractivity (Wildman–Crippen MR) is 147 cm³/mol. The molecule has 2 saturated heterocycles. The van der Waals surface area contributed by atoms with Gasteiger partial charge in [-0.05, 0) is 74.5 Å². The average molecular weight is 601 g/mol. The van der Waals surface area contributed by atoms with Crippen LogP contribution < -0.4 is 5.43 Å². The van der Waals surface area contributed by atoms with E-state index in [-0.39, 0.29) is 12.6 Å². The van der Waals surface area contributed by atoms with Crippen LogP contribution in [0.4, 0.5) is 26.3 Å². The van der Waals surface area contributed by atoms with Gasteiger partial charge in [0.05, 0.1) is 17.7 Å². The zero-order valence-corrected chi connectivity index (χ0v) is 24.0. The Kier molecular flexibility index (Phi) is 10.6. The molecule has 6 nitrogen and oxygen atoms in total. The van der Waals surface area contributed by atoms with E-state index in [2.05, 4.69) is 15.3 Å². The van der Waals surface area contributed by atoms with Crippen molar-refractivity contribution in [2.24, 2.45) is 0 Å². The molecular formula is C30H38F6N4O2. The highest BCUT2D eigenvalue weighted by Gasteiger charge is 2.39. The normalized spacial score (nSPS) is 19.6. The second kappa shape index (κ2) is 13.7. The number of benzene rings is 2. The van der Waals surface area contributed by atoms with Gasteiger partial charge < -0.3 is 9.64 Å². The molecule has 2 fully saturated rings. The van der Waals surface area contributed by atoms with Crippen molar-refractivity contribution in [3.8, 4) is 0 Å². The maximum atomic E-state index is 13.6. The van der Waals surface area contributed by atoms with Crippen LogP contribution in [0.25, 0.3) is 0 Å². The minimum absolute atomic E-state index is 0.0496. The van der Waals surface area contributed by atoms with Gasteiger partial charge in [-0.15, -0.1) is 0 Å². The molecule has 232 valence electrons. The van der Waals surface area contributed by atoms with E-state index in [0.29, 0.717) is 38.2 Å². The maximum Gasteiger partial charge on any atom is 0.416 e. The lowest BCUT2D eigenvalue weighted by molar-refractivity contribution is -0.143. The molecule has 0 aliphatic carbocycles. The highest BCUT2D eigenvalue weighted by atomic mass is 19.4. The molecule has 0 radical (unpaired) electrons. The van der Waals surface area contributed by atoms with Gasteiger partial charge in [0.1, 0.15) is 0 Å². The zero-order chi connectivity index (χ0) is 30.5. The highest BCUT2D eigenvalue weighted by Crippen LogP contribution is 2.37. The standard InChI is InChI=1S/C30H38F6N4O2/c1-21-5-6-23(15-22(21)2)16-27-20-38(8-3-7-37-39-9-4-13-42-14-12-39)10-11-40(27)28(41)24-17-25(29(31,32)33)19-26(18-24)30(34,35)36/h5-6,15,17-19,27,37H,3-4,7-14,16,20H2,1-2H3/t27-/m1/s1. The first kappa shape index (κ1) is 32.2. The number of carbonyl (C=O) groups is 1. The van der Waals surface area contributed by atoms with Crippen LogP contribution in [-0.2, 0) is 23.5 Å². The molecule has 2 aromatic rings. The van der Waals surface area contributed by atoms with Gasteiger partial charge >= 0.3 is 12.4 Å². The lowest BCUT2D eigenvalue weighted by Gasteiger charge is -2.42. The summed E-state index contributed by atoms with van der Waals surface area (Å²) in [5.41, 5.74) is 2.95. The molecule has 2 heterocycles. The Labute approximate surface area is 242 Å². The number of hydrogen-bond donors (Lipinski definition) is 1. The molecule has 2 aliphatic heterocycles. The van der Waals surface area contributed by atoms with Crippen molar-refractivity contribution in [3.05, 3.63) is 69.8 Å². The van der Waals surface area contributed by atoms with E-state index in [0.717, 1.165) is 62.3 Å². The maximum absolute atomic E-state index is 13.6. The third-order valence-corrected chi connectivity index (χ3v) is 7.91. The number of aryl methyl sites for hydroxylation is 2. The average Bonchev–Trinajstić information content (AvgIpc) is 3.21. The van der Waals surface area contributed by atoms with E-state index in [4.69, 9.17) is 4.74 Å². The van der Waals surface area contributed by atoms with Crippen molar-refractivity contribution in [1.29, 1.82) is 0 Å². The monoisotopic (exact) mass is 600 g/mol. The highest BCUT2D eigenvalue weighted by molar-refractivity contribution is 5.95. The number of alkyl halides is 6. The number of hydrazine groups is 1. The van der Waals surface area contributed by atoms with Crippen molar-refractivity contribution >= 4 is 5.91 Å². The van der Waals surface area contributed by atoms with E-state index < -0.39 is 41.0 Å². The number of nitrogens with zero attached hydrogens (tertiary/aromatic N) is 3. The second-order valence-electron chi connectivity index (χ2n) is 11.1. The van der Waals surface area contributed by atoms with Gasteiger partial charge in [0.2, 0.25) is 0 Å². The molecule has 0 aromatic heterocycles. The van der Waals surface area contributed by atoms with Gasteiger partial charge in [-0.2, -0.15) is 26.3 Å². The van der Waals surface area contributed by atoms with E-state index in [1.807, 2.05) is 32.0 Å². The topological polar surface area (TPSA) is 48.0 Å². The van der Waals surface area contributed by atoms with Crippen LogP contribution in [0.1, 0.15) is 51.0 Å². The molecule has 42 heavy (non-hydrogen) atoms. The third kappa shape index (κ3) is 8.68. The predicted octanol–water partition coefficient (Wildman–Crippen LogP) is 5.33. The fraction of sp³-hybridized carbons (Fsp3) is 0.567. The van der Waals surface area contributed by atoms with Gasteiger partial charge in [-0.1, -0.05) is 18.2 Å². The SMILES string of the molecule is Cc1ccc(C[C@@H]2CN(CCCNN3CCCOCC3)CCN2C(=O)c2cc(C(F)(F)F)cc(C(F)(F)F)c2)cc1C. The van der Waals surface area contributed by atoms with Crippen molar-refractivity contribution in [3.63, 3.8) is 0 Å². The largest absolute Gasteiger partial charge is 0.416 e. The number of carbonyl (C=O) groups excluding carboxylic acids is 1. The van der Waals surface area contributed by atoms with Crippen LogP contribution in [-0.4, -0.2) is 85.8 Å². The Morgan fingerprint density at radius 3 is 2.29 bits per heavy atom. The Hall–Kier alpha value is -2.67. The van der Waals surface area contributed by atoms with E-state index >= 15 is 0 Å². The first-order chi connectivity index (χ1) is 19.8. The van der Waals surface area contributed by atoms with Crippen molar-refractivity contribution in [1.82, 2.24) is 20.2 Å². The quantitative estimate of drug-likeness (QED) is 0.328. The molecular weight excluding hydrogens is 562 g/mol. The molecule has 4 rings (SSSR count). The fourth-order valence-electron chi connectivity index (χ4n) is 5.46. The van der Waals surface area contributed by atoms with Crippen molar-refractivity contribution in [2.45, 2.75) is 51.5 Å². The second-order valence-corrected chi connectivity index (χ2v) is 11.1. The number of nitrogens with one attached hydrogen (secondary N) is 1. The fourth-order valence-corrected chi connectivity index (χ4v) is 5.46. The number of amides is 1. The molecule has 1 N–H and O–H groups in total. The van der Waals surface area contributed by atoms with Gasteiger partial charge in [0.15, 0.2) is 0 Å². The summed E-state index contributed by atoms with van der Waals surface area (Å²) in [4.78, 5) is 17.2. The molecule has 1 amide bonds. The number of piperazine rings is 1. The minimum Gasteiger partial charge on any atom is -0.380 e. The van der Waals surface area contributed by atoms with E-state index in [9.17, 15) is 31.1 Å². The Balaban J connectivity index is 1.51. The molecule has 0 spiro atoms. The summed E-state index contributed by atoms with van der Waals surface area (Å²) in [6.07, 6.45) is -7.82. The first-order valence-corrected chi connectivity index (χ1v) is 14.3. The molecule has 2 aromatic carbocycles. The summed E-state index contributed by atoms with van der Waals surface area (Å²) in [6.45, 7) is 9.73. The van der Waals surface area contributed by atoms with Crippen LogP contribution >= 0.6 is 0 Å². The van der Waals surface area contributed by atoms with Crippen LogP contribution in [0.3, 0.4) is 0 Å². The number of ether oxygens (including phenoxy) is 1. The summed E-state index contributed by atoms with van der Waals surface area (Å²) in [6, 6.07) is 6.61. The van der Waals surface area contributed by atoms with E-state index in [1.54, 1.807) is 0 Å². The van der Waals surface area contributed by atoms with Crippen LogP contribution in [0, 0.1) is 13.8 Å². The summed E-state index contributed by atoms with van der Waals surface area (Å²) in [5, 5.41) is 2.15. The summed E-state index contributed by atoms with van der Waals surface area (Å²) in [5.74, 6) is -0.829. The van der Waals surface area contributed by atoms with Gasteiger partial charge in [-0.3, -0.25) is 15.1 Å².